The summed E-state index contributed by atoms with van der Waals surface area (Å²) >= 11 is 0. The van der Waals surface area contributed by atoms with Crippen molar-refractivity contribution >= 4 is 0 Å². The van der Waals surface area contributed by atoms with E-state index >= 15 is 0 Å². The molecule has 1 heteroatoms. The summed E-state index contributed by atoms with van der Waals surface area (Å²) in [5.74, 6) is 1.47. The number of fused-ring (bicyclic) bond motifs is 1. The first-order valence-corrected chi connectivity index (χ1v) is 7.04. The molecule has 2 rings (SSSR count). The van der Waals surface area contributed by atoms with Gasteiger partial charge in [0.25, 0.3) is 0 Å². The molecule has 0 saturated carbocycles. The van der Waals surface area contributed by atoms with E-state index in [1.54, 1.807) is 11.1 Å². The highest BCUT2D eigenvalue weighted by atomic mass is 14.9. The molecule has 94 valence electrons. The molecule has 1 aliphatic rings. The summed E-state index contributed by atoms with van der Waals surface area (Å²) in [5.41, 5.74) is 3.14. The lowest BCUT2D eigenvalue weighted by atomic mass is 9.82. The van der Waals surface area contributed by atoms with Gasteiger partial charge in [0.15, 0.2) is 0 Å². The normalized spacial score (nSPS) is 23.8. The van der Waals surface area contributed by atoms with Gasteiger partial charge < -0.3 is 5.32 Å². The molecule has 0 amide bonds. The van der Waals surface area contributed by atoms with Crippen LogP contribution < -0.4 is 5.32 Å². The Bertz CT molecular complexity index is 356. The maximum absolute atomic E-state index is 3.74. The molecule has 1 heterocycles. The van der Waals surface area contributed by atoms with E-state index in [4.69, 9.17) is 0 Å². The Morgan fingerprint density at radius 2 is 1.94 bits per heavy atom. The first-order valence-electron chi connectivity index (χ1n) is 7.04. The third-order valence-electron chi connectivity index (χ3n) is 3.77. The number of benzene rings is 1. The lowest BCUT2D eigenvalue weighted by Gasteiger charge is -2.33. The number of rotatable bonds is 4. The van der Waals surface area contributed by atoms with E-state index in [1.807, 2.05) is 0 Å². The predicted molar refractivity (Wildman–Crippen MR) is 74.3 cm³/mol. The van der Waals surface area contributed by atoms with Crippen LogP contribution in [-0.2, 0) is 0 Å². The molecule has 1 nitrogen and oxygen atoms in total. The minimum Gasteiger partial charge on any atom is -0.309 e. The molecule has 0 fully saturated rings. The second kappa shape index (κ2) is 5.68. The number of hydrogen-bond donors (Lipinski definition) is 1. The van der Waals surface area contributed by atoms with Crippen LogP contribution in [0.2, 0.25) is 0 Å². The number of hydrogen-bond acceptors (Lipinski definition) is 1. The van der Waals surface area contributed by atoms with Crippen LogP contribution in [0, 0.1) is 5.92 Å². The maximum atomic E-state index is 3.74. The van der Waals surface area contributed by atoms with Crippen LogP contribution in [0.4, 0.5) is 0 Å². The van der Waals surface area contributed by atoms with E-state index in [1.165, 1.54) is 19.3 Å². The zero-order chi connectivity index (χ0) is 12.3. The molecule has 2 atom stereocenters. The van der Waals surface area contributed by atoms with E-state index in [-0.39, 0.29) is 0 Å². The van der Waals surface area contributed by atoms with Crippen molar-refractivity contribution in [3.05, 3.63) is 35.4 Å². The van der Waals surface area contributed by atoms with Gasteiger partial charge in [-0.05, 0) is 35.8 Å². The van der Waals surface area contributed by atoms with Gasteiger partial charge in [-0.3, -0.25) is 0 Å². The Labute approximate surface area is 106 Å². The molecule has 0 saturated heterocycles. The molecule has 2 unspecified atom stereocenters. The van der Waals surface area contributed by atoms with E-state index in [2.05, 4.69) is 50.4 Å². The van der Waals surface area contributed by atoms with E-state index in [9.17, 15) is 0 Å². The smallest absolute Gasteiger partial charge is 0.0325 e. The molecule has 0 spiro atoms. The van der Waals surface area contributed by atoms with Gasteiger partial charge in [0.05, 0.1) is 0 Å². The van der Waals surface area contributed by atoms with E-state index in [0.29, 0.717) is 6.04 Å². The lowest BCUT2D eigenvalue weighted by molar-refractivity contribution is 0.381. The van der Waals surface area contributed by atoms with Crippen molar-refractivity contribution in [1.82, 2.24) is 5.32 Å². The second-order valence-electron chi connectivity index (χ2n) is 5.70. The summed E-state index contributed by atoms with van der Waals surface area (Å²) in [7, 11) is 0. The third kappa shape index (κ3) is 2.90. The summed E-state index contributed by atoms with van der Waals surface area (Å²) in [4.78, 5) is 0. The van der Waals surface area contributed by atoms with Crippen LogP contribution in [0.1, 0.15) is 63.1 Å². The molecule has 0 radical (unpaired) electrons. The van der Waals surface area contributed by atoms with Crippen molar-refractivity contribution in [1.29, 1.82) is 0 Å². The Morgan fingerprint density at radius 1 is 1.24 bits per heavy atom. The van der Waals surface area contributed by atoms with Crippen LogP contribution in [0.15, 0.2) is 24.3 Å². The van der Waals surface area contributed by atoms with Gasteiger partial charge in [-0.2, -0.15) is 0 Å². The Balaban J connectivity index is 2.23. The highest BCUT2D eigenvalue weighted by Crippen LogP contribution is 2.35. The molecule has 1 aliphatic heterocycles. The quantitative estimate of drug-likeness (QED) is 0.816. The predicted octanol–water partition coefficient (Wildman–Crippen LogP) is 4.26. The summed E-state index contributed by atoms with van der Waals surface area (Å²) in [5, 5.41) is 3.74. The molecular weight excluding hydrogens is 206 g/mol. The average molecular weight is 231 g/mol. The van der Waals surface area contributed by atoms with Gasteiger partial charge in [0, 0.05) is 12.6 Å². The van der Waals surface area contributed by atoms with Crippen LogP contribution in [0.25, 0.3) is 0 Å². The highest BCUT2D eigenvalue weighted by molar-refractivity contribution is 5.35. The van der Waals surface area contributed by atoms with Crippen molar-refractivity contribution in [3.63, 3.8) is 0 Å². The molecule has 1 aromatic rings. The zero-order valence-electron chi connectivity index (χ0n) is 11.4. The molecule has 0 bridgehead atoms. The Morgan fingerprint density at radius 3 is 2.59 bits per heavy atom. The van der Waals surface area contributed by atoms with E-state index < -0.39 is 0 Å². The fraction of sp³-hybridized carbons (Fsp3) is 0.625. The minimum atomic E-state index is 0.569. The Hall–Kier alpha value is -0.820. The summed E-state index contributed by atoms with van der Waals surface area (Å²) in [6.45, 7) is 8.05. The molecule has 17 heavy (non-hydrogen) atoms. The molecular formula is C16H25N. The van der Waals surface area contributed by atoms with Crippen LogP contribution in [0.5, 0.6) is 0 Å². The maximum Gasteiger partial charge on any atom is 0.0325 e. The van der Waals surface area contributed by atoms with Crippen molar-refractivity contribution < 1.29 is 0 Å². The van der Waals surface area contributed by atoms with Crippen LogP contribution in [0.3, 0.4) is 0 Å². The SMILES string of the molecule is CCCC1CNC(CC(C)C)c2ccccc21. The largest absolute Gasteiger partial charge is 0.309 e. The van der Waals surface area contributed by atoms with Crippen molar-refractivity contribution in [2.45, 2.75) is 52.0 Å². The van der Waals surface area contributed by atoms with E-state index in [0.717, 1.165) is 18.4 Å². The molecule has 1 aromatic carbocycles. The molecule has 0 aliphatic carbocycles. The topological polar surface area (TPSA) is 12.0 Å². The van der Waals surface area contributed by atoms with Gasteiger partial charge in [-0.1, -0.05) is 51.5 Å². The number of nitrogens with one attached hydrogen (secondary N) is 1. The van der Waals surface area contributed by atoms with Crippen LogP contribution >= 0.6 is 0 Å². The second-order valence-corrected chi connectivity index (χ2v) is 5.70. The van der Waals surface area contributed by atoms with Gasteiger partial charge in [-0.15, -0.1) is 0 Å². The summed E-state index contributed by atoms with van der Waals surface area (Å²) in [6.07, 6.45) is 3.82. The summed E-state index contributed by atoms with van der Waals surface area (Å²) < 4.78 is 0. The lowest BCUT2D eigenvalue weighted by Crippen LogP contribution is -2.33. The van der Waals surface area contributed by atoms with Gasteiger partial charge in [0.2, 0.25) is 0 Å². The van der Waals surface area contributed by atoms with Crippen LogP contribution in [-0.4, -0.2) is 6.54 Å². The van der Waals surface area contributed by atoms with Crippen molar-refractivity contribution in [3.8, 4) is 0 Å². The summed E-state index contributed by atoms with van der Waals surface area (Å²) in [6, 6.07) is 9.60. The first kappa shape index (κ1) is 12.6. The van der Waals surface area contributed by atoms with Gasteiger partial charge in [-0.25, -0.2) is 0 Å². The zero-order valence-corrected chi connectivity index (χ0v) is 11.4. The van der Waals surface area contributed by atoms with Crippen molar-refractivity contribution in [2.24, 2.45) is 5.92 Å². The monoisotopic (exact) mass is 231 g/mol. The Kier molecular flexibility index (Phi) is 4.22. The average Bonchev–Trinajstić information content (AvgIpc) is 2.32. The van der Waals surface area contributed by atoms with Crippen molar-refractivity contribution in [2.75, 3.05) is 6.54 Å². The van der Waals surface area contributed by atoms with Gasteiger partial charge in [0.1, 0.15) is 0 Å². The standard InChI is InChI=1S/C16H25N/c1-4-7-13-11-17-16(10-12(2)3)15-9-6-5-8-14(13)15/h5-6,8-9,12-13,16-17H,4,7,10-11H2,1-3H3. The first-order chi connectivity index (χ1) is 8.22. The highest BCUT2D eigenvalue weighted by Gasteiger charge is 2.25. The fourth-order valence-corrected chi connectivity index (χ4v) is 2.99. The minimum absolute atomic E-state index is 0.569. The third-order valence-corrected chi connectivity index (χ3v) is 3.77. The molecule has 0 aromatic heterocycles. The van der Waals surface area contributed by atoms with Gasteiger partial charge >= 0.3 is 0 Å². The molecule has 1 N–H and O–H groups in total. The fourth-order valence-electron chi connectivity index (χ4n) is 2.99.